The van der Waals surface area contributed by atoms with E-state index in [1.807, 2.05) is 0 Å². The fourth-order valence-electron chi connectivity index (χ4n) is 2.68. The van der Waals surface area contributed by atoms with Crippen LogP contribution >= 0.6 is 0 Å². The normalized spacial score (nSPS) is 11.5. The highest BCUT2D eigenvalue weighted by Gasteiger charge is 2.38. The molecule has 1 heterocycles. The van der Waals surface area contributed by atoms with Crippen molar-refractivity contribution in [2.24, 2.45) is 0 Å². The molecule has 1 amide bonds. The van der Waals surface area contributed by atoms with Crippen molar-refractivity contribution in [2.45, 2.75) is 6.18 Å². The molecular weight excluding hydrogens is 388 g/mol. The standard InChI is InChI=1S/C18H11F6N3O/c1-27(17(28)11-8-25-26-16(11)18(22,23)24)15-5-3-2-4-9(15)10-6-13(20)14(21)7-12(10)19/h2-8H,1H3,(H,25,26). The molecule has 0 aliphatic carbocycles. The molecule has 146 valence electrons. The second-order valence-electron chi connectivity index (χ2n) is 5.78. The molecule has 4 nitrogen and oxygen atoms in total. The zero-order chi connectivity index (χ0) is 20.6. The van der Waals surface area contributed by atoms with Crippen molar-refractivity contribution in [1.82, 2.24) is 10.2 Å². The topological polar surface area (TPSA) is 49.0 Å². The second kappa shape index (κ2) is 7.02. The number of aromatic nitrogens is 2. The van der Waals surface area contributed by atoms with Gasteiger partial charge < -0.3 is 4.90 Å². The van der Waals surface area contributed by atoms with E-state index >= 15 is 0 Å². The number of anilines is 1. The van der Waals surface area contributed by atoms with E-state index in [2.05, 4.69) is 5.10 Å². The number of carbonyl (C=O) groups excluding carboxylic acids is 1. The van der Waals surface area contributed by atoms with E-state index < -0.39 is 40.8 Å². The predicted molar refractivity (Wildman–Crippen MR) is 88.1 cm³/mol. The van der Waals surface area contributed by atoms with Crippen molar-refractivity contribution in [1.29, 1.82) is 0 Å². The van der Waals surface area contributed by atoms with Crippen LogP contribution in [0.1, 0.15) is 16.1 Å². The SMILES string of the molecule is CN(C(=O)c1cn[nH]c1C(F)(F)F)c1ccccc1-c1cc(F)c(F)cc1F. The van der Waals surface area contributed by atoms with Crippen LogP contribution in [0.2, 0.25) is 0 Å². The summed E-state index contributed by atoms with van der Waals surface area (Å²) < 4.78 is 80.0. The number of carbonyl (C=O) groups is 1. The summed E-state index contributed by atoms with van der Waals surface area (Å²) >= 11 is 0. The molecule has 0 fully saturated rings. The lowest BCUT2D eigenvalue weighted by Crippen LogP contribution is -2.28. The van der Waals surface area contributed by atoms with E-state index in [4.69, 9.17) is 0 Å². The van der Waals surface area contributed by atoms with Crippen LogP contribution in [0.3, 0.4) is 0 Å². The van der Waals surface area contributed by atoms with Crippen LogP contribution in [0.5, 0.6) is 0 Å². The average molecular weight is 399 g/mol. The minimum Gasteiger partial charge on any atom is -0.311 e. The molecule has 0 saturated heterocycles. The molecule has 10 heteroatoms. The van der Waals surface area contributed by atoms with Gasteiger partial charge in [-0.05, 0) is 12.1 Å². The quantitative estimate of drug-likeness (QED) is 0.509. The third kappa shape index (κ3) is 3.45. The molecule has 0 spiro atoms. The molecule has 0 radical (unpaired) electrons. The second-order valence-corrected chi connectivity index (χ2v) is 5.78. The Balaban J connectivity index is 2.08. The summed E-state index contributed by atoms with van der Waals surface area (Å²) in [5.74, 6) is -4.87. The highest BCUT2D eigenvalue weighted by atomic mass is 19.4. The molecule has 1 aromatic heterocycles. The van der Waals surface area contributed by atoms with Gasteiger partial charge in [0.2, 0.25) is 0 Å². The molecule has 0 aliphatic rings. The summed E-state index contributed by atoms with van der Waals surface area (Å²) in [6, 6.07) is 6.54. The molecule has 2 aromatic carbocycles. The maximum Gasteiger partial charge on any atom is 0.433 e. The van der Waals surface area contributed by atoms with Crippen LogP contribution in [0.25, 0.3) is 11.1 Å². The van der Waals surface area contributed by atoms with Crippen molar-refractivity contribution in [3.63, 3.8) is 0 Å². The summed E-state index contributed by atoms with van der Waals surface area (Å²) in [5, 5.41) is 4.99. The molecule has 3 rings (SSSR count). The van der Waals surface area contributed by atoms with Gasteiger partial charge in [0, 0.05) is 24.2 Å². The number of hydrogen-bond acceptors (Lipinski definition) is 2. The molecule has 3 aromatic rings. The monoisotopic (exact) mass is 399 g/mol. The van der Waals surface area contributed by atoms with Gasteiger partial charge in [0.1, 0.15) is 5.82 Å². The summed E-state index contributed by atoms with van der Waals surface area (Å²) in [7, 11) is 1.17. The van der Waals surface area contributed by atoms with Crippen molar-refractivity contribution in [3.05, 3.63) is 71.3 Å². The van der Waals surface area contributed by atoms with Crippen LogP contribution in [-0.2, 0) is 6.18 Å². The number of para-hydroxylation sites is 1. The number of H-pyrrole nitrogens is 1. The summed E-state index contributed by atoms with van der Waals surface area (Å²) in [6.07, 6.45) is -4.11. The van der Waals surface area contributed by atoms with Crippen molar-refractivity contribution in [3.8, 4) is 11.1 Å². The minimum absolute atomic E-state index is 0.00759. The molecule has 0 aliphatic heterocycles. The van der Waals surface area contributed by atoms with Gasteiger partial charge in [-0.1, -0.05) is 18.2 Å². The lowest BCUT2D eigenvalue weighted by Gasteiger charge is -2.21. The number of amides is 1. The number of rotatable bonds is 3. The first-order chi connectivity index (χ1) is 13.1. The van der Waals surface area contributed by atoms with Gasteiger partial charge >= 0.3 is 6.18 Å². The molecule has 28 heavy (non-hydrogen) atoms. The molecule has 1 N–H and O–H groups in total. The van der Waals surface area contributed by atoms with Crippen LogP contribution < -0.4 is 4.90 Å². The molecule has 0 atom stereocenters. The van der Waals surface area contributed by atoms with E-state index in [1.54, 1.807) is 5.10 Å². The Morgan fingerprint density at radius 2 is 1.64 bits per heavy atom. The first-order valence-electron chi connectivity index (χ1n) is 7.73. The third-order valence-electron chi connectivity index (χ3n) is 4.02. The van der Waals surface area contributed by atoms with Crippen LogP contribution in [0.4, 0.5) is 32.0 Å². The summed E-state index contributed by atoms with van der Waals surface area (Å²) in [4.78, 5) is 13.4. The third-order valence-corrected chi connectivity index (χ3v) is 4.02. The van der Waals surface area contributed by atoms with Crippen molar-refractivity contribution in [2.75, 3.05) is 11.9 Å². The van der Waals surface area contributed by atoms with E-state index in [9.17, 15) is 31.1 Å². The average Bonchev–Trinajstić information content (AvgIpc) is 3.14. The number of nitrogens with zero attached hydrogens (tertiary/aromatic N) is 2. The van der Waals surface area contributed by atoms with Gasteiger partial charge in [-0.25, -0.2) is 13.2 Å². The van der Waals surface area contributed by atoms with Crippen LogP contribution in [0.15, 0.2) is 42.6 Å². The molecule has 0 unspecified atom stereocenters. The first-order valence-corrected chi connectivity index (χ1v) is 7.73. The van der Waals surface area contributed by atoms with Gasteiger partial charge in [-0.3, -0.25) is 9.89 Å². The largest absolute Gasteiger partial charge is 0.433 e. The number of aromatic amines is 1. The lowest BCUT2D eigenvalue weighted by atomic mass is 10.0. The molecule has 0 bridgehead atoms. The number of nitrogens with one attached hydrogen (secondary N) is 1. The Bertz CT molecular complexity index is 1040. The number of halogens is 6. The maximum absolute atomic E-state index is 14.2. The van der Waals surface area contributed by atoms with E-state index in [0.29, 0.717) is 12.1 Å². The fourth-order valence-corrected chi connectivity index (χ4v) is 2.68. The number of benzene rings is 2. The zero-order valence-electron chi connectivity index (χ0n) is 14.1. The van der Waals surface area contributed by atoms with Gasteiger partial charge in [0.25, 0.3) is 5.91 Å². The van der Waals surface area contributed by atoms with Crippen molar-refractivity contribution < 1.29 is 31.1 Å². The van der Waals surface area contributed by atoms with E-state index in [1.165, 1.54) is 31.3 Å². The van der Waals surface area contributed by atoms with E-state index in [0.717, 1.165) is 11.1 Å². The van der Waals surface area contributed by atoms with Gasteiger partial charge in [-0.15, -0.1) is 0 Å². The first kappa shape index (κ1) is 19.5. The zero-order valence-corrected chi connectivity index (χ0v) is 14.1. The Kier molecular flexibility index (Phi) is 4.88. The Morgan fingerprint density at radius 3 is 2.32 bits per heavy atom. The van der Waals surface area contributed by atoms with Gasteiger partial charge in [-0.2, -0.15) is 18.3 Å². The summed E-state index contributed by atoms with van der Waals surface area (Å²) in [6.45, 7) is 0. The van der Waals surface area contributed by atoms with Crippen LogP contribution in [0, 0.1) is 17.5 Å². The highest BCUT2D eigenvalue weighted by Crippen LogP contribution is 2.35. The van der Waals surface area contributed by atoms with Crippen LogP contribution in [-0.4, -0.2) is 23.2 Å². The predicted octanol–water partition coefficient (Wildman–Crippen LogP) is 4.79. The summed E-state index contributed by atoms with van der Waals surface area (Å²) in [5.41, 5.74) is -2.44. The van der Waals surface area contributed by atoms with Gasteiger partial charge in [0.05, 0.1) is 17.4 Å². The Hall–Kier alpha value is -3.30. The highest BCUT2D eigenvalue weighted by molar-refractivity contribution is 6.08. The minimum atomic E-state index is -4.84. The lowest BCUT2D eigenvalue weighted by molar-refractivity contribution is -0.141. The number of alkyl halides is 3. The smallest absolute Gasteiger partial charge is 0.311 e. The Morgan fingerprint density at radius 1 is 1.00 bits per heavy atom. The van der Waals surface area contributed by atoms with Gasteiger partial charge in [0.15, 0.2) is 17.3 Å². The Labute approximate surface area is 154 Å². The fraction of sp³-hybridized carbons (Fsp3) is 0.111. The van der Waals surface area contributed by atoms with E-state index in [-0.39, 0.29) is 16.8 Å². The molecular formula is C18H11F6N3O. The number of hydrogen-bond donors (Lipinski definition) is 1. The maximum atomic E-state index is 14.2. The molecule has 0 saturated carbocycles. The van der Waals surface area contributed by atoms with Crippen molar-refractivity contribution >= 4 is 11.6 Å².